The highest BCUT2D eigenvalue weighted by Crippen LogP contribution is 2.20. The maximum Gasteiger partial charge on any atom is 0.251 e. The molecule has 0 aliphatic carbocycles. The first-order valence-corrected chi connectivity index (χ1v) is 9.11. The molecule has 1 heterocycles. The Morgan fingerprint density at radius 2 is 1.64 bits per heavy atom. The number of ether oxygens (including phenoxy) is 1. The Labute approximate surface area is 171 Å². The number of amides is 2. The Balaban J connectivity index is 0.00000280. The molecule has 2 aromatic carbocycles. The van der Waals surface area contributed by atoms with Gasteiger partial charge in [-0.25, -0.2) is 0 Å². The molecule has 1 fully saturated rings. The summed E-state index contributed by atoms with van der Waals surface area (Å²) in [6.45, 7) is 3.03. The molecule has 1 aliphatic heterocycles. The molecule has 1 atom stereocenters. The third kappa shape index (κ3) is 5.32. The monoisotopic (exact) mass is 403 g/mol. The molecular weight excluding hydrogens is 378 g/mol. The van der Waals surface area contributed by atoms with E-state index in [-0.39, 0.29) is 30.3 Å². The lowest BCUT2D eigenvalue weighted by atomic mass is 9.92. The number of benzene rings is 2. The summed E-state index contributed by atoms with van der Waals surface area (Å²) in [6.07, 6.45) is 1.66. The molecule has 0 spiro atoms. The second-order valence-corrected chi connectivity index (χ2v) is 6.96. The van der Waals surface area contributed by atoms with Crippen molar-refractivity contribution in [2.75, 3.05) is 18.5 Å². The number of halogens is 1. The topological polar surface area (TPSA) is 93.5 Å². The van der Waals surface area contributed by atoms with Crippen LogP contribution >= 0.6 is 12.4 Å². The van der Waals surface area contributed by atoms with E-state index >= 15 is 0 Å². The van der Waals surface area contributed by atoms with Crippen LogP contribution in [0.15, 0.2) is 54.6 Å². The van der Waals surface area contributed by atoms with E-state index in [4.69, 9.17) is 10.5 Å². The summed E-state index contributed by atoms with van der Waals surface area (Å²) in [4.78, 5) is 24.9. The van der Waals surface area contributed by atoms with Crippen LogP contribution in [-0.4, -0.2) is 31.1 Å². The average molecular weight is 404 g/mol. The first kappa shape index (κ1) is 21.9. The van der Waals surface area contributed by atoms with Gasteiger partial charge in [-0.2, -0.15) is 0 Å². The Morgan fingerprint density at radius 3 is 2.25 bits per heavy atom. The normalized spacial score (nSPS) is 16.4. The van der Waals surface area contributed by atoms with Crippen molar-refractivity contribution in [3.63, 3.8) is 0 Å². The van der Waals surface area contributed by atoms with E-state index in [9.17, 15) is 9.59 Å². The van der Waals surface area contributed by atoms with E-state index in [1.807, 2.05) is 30.3 Å². The van der Waals surface area contributed by atoms with Crippen molar-refractivity contribution in [2.45, 2.75) is 31.3 Å². The van der Waals surface area contributed by atoms with Crippen LogP contribution in [0.3, 0.4) is 0 Å². The Morgan fingerprint density at radius 1 is 1.04 bits per heavy atom. The second kappa shape index (κ2) is 9.68. The van der Waals surface area contributed by atoms with Gasteiger partial charge in [0.2, 0.25) is 5.91 Å². The van der Waals surface area contributed by atoms with E-state index in [1.165, 1.54) is 0 Å². The highest BCUT2D eigenvalue weighted by Gasteiger charge is 2.30. The van der Waals surface area contributed by atoms with Gasteiger partial charge in [-0.3, -0.25) is 9.59 Å². The minimum atomic E-state index is -1.15. The maximum absolute atomic E-state index is 12.6. The molecular formula is C21H26ClN3O3. The summed E-state index contributed by atoms with van der Waals surface area (Å²) < 4.78 is 5.30. The molecule has 0 radical (unpaired) electrons. The Bertz CT molecular complexity index is 788. The van der Waals surface area contributed by atoms with E-state index < -0.39 is 5.54 Å². The summed E-state index contributed by atoms with van der Waals surface area (Å²) in [6, 6.07) is 16.2. The van der Waals surface area contributed by atoms with E-state index in [0.717, 1.165) is 18.4 Å². The molecule has 7 heteroatoms. The van der Waals surface area contributed by atoms with Crippen molar-refractivity contribution in [3.8, 4) is 0 Å². The van der Waals surface area contributed by atoms with Crippen LogP contribution in [0.25, 0.3) is 0 Å². The lowest BCUT2D eigenvalue weighted by Crippen LogP contribution is -2.45. The molecule has 1 saturated heterocycles. The Hall–Kier alpha value is -2.41. The first-order chi connectivity index (χ1) is 13.0. The molecule has 2 aromatic rings. The van der Waals surface area contributed by atoms with E-state index in [1.54, 1.807) is 31.2 Å². The van der Waals surface area contributed by atoms with Crippen LogP contribution in [0.4, 0.5) is 5.69 Å². The molecule has 0 aromatic heterocycles. The third-order valence-electron chi connectivity index (χ3n) is 4.81. The zero-order chi connectivity index (χ0) is 19.3. The molecule has 6 nitrogen and oxygen atoms in total. The zero-order valence-corrected chi connectivity index (χ0v) is 16.6. The zero-order valence-electron chi connectivity index (χ0n) is 15.8. The van der Waals surface area contributed by atoms with Crippen LogP contribution in [-0.2, 0) is 15.1 Å². The molecule has 1 unspecified atom stereocenters. The van der Waals surface area contributed by atoms with Crippen LogP contribution in [0.2, 0.25) is 0 Å². The maximum atomic E-state index is 12.6. The third-order valence-corrected chi connectivity index (χ3v) is 4.81. The molecule has 150 valence electrons. The number of hydrogen-bond acceptors (Lipinski definition) is 4. The quantitative estimate of drug-likeness (QED) is 0.715. The van der Waals surface area contributed by atoms with Gasteiger partial charge in [0, 0.05) is 30.5 Å². The number of carbonyl (C=O) groups excluding carboxylic acids is 2. The van der Waals surface area contributed by atoms with Crippen molar-refractivity contribution in [1.82, 2.24) is 5.32 Å². The summed E-state index contributed by atoms with van der Waals surface area (Å²) in [5, 5.41) is 5.83. The van der Waals surface area contributed by atoms with Gasteiger partial charge in [0.05, 0.1) is 0 Å². The van der Waals surface area contributed by atoms with Crippen molar-refractivity contribution in [3.05, 3.63) is 65.7 Å². The van der Waals surface area contributed by atoms with E-state index in [0.29, 0.717) is 24.5 Å². The van der Waals surface area contributed by atoms with Crippen molar-refractivity contribution >= 4 is 29.9 Å². The molecule has 1 aliphatic rings. The van der Waals surface area contributed by atoms with Gasteiger partial charge in [0.1, 0.15) is 5.54 Å². The van der Waals surface area contributed by atoms with Crippen LogP contribution in [0, 0.1) is 0 Å². The van der Waals surface area contributed by atoms with Gasteiger partial charge in [-0.1, -0.05) is 30.3 Å². The summed E-state index contributed by atoms with van der Waals surface area (Å²) in [5.41, 5.74) is 6.95. The first-order valence-electron chi connectivity index (χ1n) is 9.11. The number of carbonyl (C=O) groups is 2. The van der Waals surface area contributed by atoms with Crippen LogP contribution in [0.1, 0.15) is 35.7 Å². The van der Waals surface area contributed by atoms with Gasteiger partial charge < -0.3 is 21.1 Å². The summed E-state index contributed by atoms with van der Waals surface area (Å²) in [7, 11) is 0. The van der Waals surface area contributed by atoms with Gasteiger partial charge in [0.25, 0.3) is 5.91 Å². The second-order valence-electron chi connectivity index (χ2n) is 6.96. The van der Waals surface area contributed by atoms with Gasteiger partial charge >= 0.3 is 0 Å². The molecule has 0 bridgehead atoms. The van der Waals surface area contributed by atoms with Crippen LogP contribution in [0.5, 0.6) is 0 Å². The smallest absolute Gasteiger partial charge is 0.251 e. The van der Waals surface area contributed by atoms with Gasteiger partial charge in [0.15, 0.2) is 0 Å². The molecule has 3 rings (SSSR count). The SMILES string of the molecule is CC(N)(C(=O)Nc1ccc(C(=O)NC2CCOCC2)cc1)c1ccccc1.Cl. The molecule has 0 saturated carbocycles. The molecule has 28 heavy (non-hydrogen) atoms. The number of nitrogens with two attached hydrogens (primary N) is 1. The lowest BCUT2D eigenvalue weighted by molar-refractivity contribution is -0.120. The summed E-state index contributed by atoms with van der Waals surface area (Å²) in [5.74, 6) is -0.430. The van der Waals surface area contributed by atoms with Crippen molar-refractivity contribution in [2.24, 2.45) is 5.73 Å². The minimum absolute atomic E-state index is 0. The number of rotatable bonds is 5. The predicted molar refractivity (Wildman–Crippen MR) is 112 cm³/mol. The Kier molecular flexibility index (Phi) is 7.57. The largest absolute Gasteiger partial charge is 0.381 e. The van der Waals surface area contributed by atoms with E-state index in [2.05, 4.69) is 10.6 Å². The molecule has 4 N–H and O–H groups in total. The highest BCUT2D eigenvalue weighted by atomic mass is 35.5. The fraction of sp³-hybridized carbons (Fsp3) is 0.333. The van der Waals surface area contributed by atoms with Gasteiger partial charge in [-0.15, -0.1) is 12.4 Å². The fourth-order valence-corrected chi connectivity index (χ4v) is 2.99. The number of nitrogens with one attached hydrogen (secondary N) is 2. The number of anilines is 1. The van der Waals surface area contributed by atoms with Gasteiger partial charge in [-0.05, 0) is 49.6 Å². The highest BCUT2D eigenvalue weighted by molar-refractivity contribution is 5.99. The molecule has 2 amide bonds. The number of hydrogen-bond donors (Lipinski definition) is 3. The van der Waals surface area contributed by atoms with Crippen molar-refractivity contribution in [1.29, 1.82) is 0 Å². The lowest BCUT2D eigenvalue weighted by Gasteiger charge is -2.24. The van der Waals surface area contributed by atoms with Crippen LogP contribution < -0.4 is 16.4 Å². The minimum Gasteiger partial charge on any atom is -0.381 e. The summed E-state index contributed by atoms with van der Waals surface area (Å²) >= 11 is 0. The predicted octanol–water partition coefficient (Wildman–Crippen LogP) is 2.83. The van der Waals surface area contributed by atoms with Crippen molar-refractivity contribution < 1.29 is 14.3 Å². The fourth-order valence-electron chi connectivity index (χ4n) is 2.99. The standard InChI is InChI=1S/C21H25N3O3.ClH/c1-21(22,16-5-3-2-4-6-16)20(26)24-17-9-7-15(8-10-17)19(25)23-18-11-13-27-14-12-18;/h2-10,18H,11-14,22H2,1H3,(H,23,25)(H,24,26);1H. The average Bonchev–Trinajstić information content (AvgIpc) is 2.70.